The van der Waals surface area contributed by atoms with Gasteiger partial charge in [-0.3, -0.25) is 0 Å². The van der Waals surface area contributed by atoms with Crippen LogP contribution in [0, 0.1) is 11.6 Å². The smallest absolute Gasteiger partial charge is 0.219 e. The van der Waals surface area contributed by atoms with E-state index in [0.717, 1.165) is 6.07 Å². The monoisotopic (exact) mass is 261 g/mol. The Kier molecular flexibility index (Phi) is 2.50. The van der Waals surface area contributed by atoms with E-state index in [1.807, 2.05) is 0 Å². The topological polar surface area (TPSA) is 21.6 Å². The molecule has 1 heterocycles. The molecule has 0 bridgehead atoms. The van der Waals surface area contributed by atoms with E-state index in [9.17, 15) is 8.78 Å². The zero-order valence-electron chi connectivity index (χ0n) is 7.06. The molecule has 1 aromatic rings. The molecular weight excluding hydrogens is 256 g/mol. The van der Waals surface area contributed by atoms with Gasteiger partial charge in [-0.25, -0.2) is 13.8 Å². The zero-order chi connectivity index (χ0) is 10.1. The molecule has 1 aliphatic heterocycles. The third-order valence-electron chi connectivity index (χ3n) is 1.83. The summed E-state index contributed by atoms with van der Waals surface area (Å²) in [6.07, 6.45) is 0. The molecular formula is C9H6BrF2NO. The maximum atomic E-state index is 13.3. The van der Waals surface area contributed by atoms with Gasteiger partial charge in [0.25, 0.3) is 0 Å². The number of halogens is 3. The number of hydrogen-bond donors (Lipinski definition) is 0. The Balaban J connectivity index is 2.47. The van der Waals surface area contributed by atoms with Gasteiger partial charge in [0.05, 0.1) is 16.6 Å². The largest absolute Gasteiger partial charge is 0.475 e. The lowest BCUT2D eigenvalue weighted by Gasteiger charge is -2.04. The first-order valence-electron chi connectivity index (χ1n) is 4.00. The normalized spacial score (nSPS) is 15.2. The first-order chi connectivity index (χ1) is 6.68. The highest BCUT2D eigenvalue weighted by Crippen LogP contribution is 2.21. The number of rotatable bonds is 1. The molecule has 74 valence electrons. The Morgan fingerprint density at radius 3 is 2.71 bits per heavy atom. The van der Waals surface area contributed by atoms with Crippen LogP contribution in [0.2, 0.25) is 0 Å². The minimum atomic E-state index is -0.661. The maximum Gasteiger partial charge on any atom is 0.219 e. The molecule has 0 N–H and O–H groups in total. The Labute approximate surface area is 87.7 Å². The summed E-state index contributed by atoms with van der Waals surface area (Å²) in [7, 11) is 0. The average molecular weight is 262 g/mol. The molecule has 0 radical (unpaired) electrons. The van der Waals surface area contributed by atoms with Gasteiger partial charge in [-0.1, -0.05) is 0 Å². The zero-order valence-corrected chi connectivity index (χ0v) is 8.64. The maximum absolute atomic E-state index is 13.3. The molecule has 0 saturated heterocycles. The molecule has 0 amide bonds. The van der Waals surface area contributed by atoms with E-state index in [-0.39, 0.29) is 15.9 Å². The SMILES string of the molecule is Fc1cc(F)c(C2=NCCO2)cc1Br. The summed E-state index contributed by atoms with van der Waals surface area (Å²) in [6, 6.07) is 2.14. The number of aliphatic imine (C=N–C) groups is 1. The fraction of sp³-hybridized carbons (Fsp3) is 0.222. The summed E-state index contributed by atoms with van der Waals surface area (Å²) in [6.45, 7) is 0.966. The van der Waals surface area contributed by atoms with Crippen molar-refractivity contribution in [2.45, 2.75) is 0 Å². The van der Waals surface area contributed by atoms with E-state index in [0.29, 0.717) is 13.2 Å². The lowest BCUT2D eigenvalue weighted by Crippen LogP contribution is -2.04. The second-order valence-corrected chi connectivity index (χ2v) is 3.64. The van der Waals surface area contributed by atoms with Crippen molar-refractivity contribution in [1.29, 1.82) is 0 Å². The van der Waals surface area contributed by atoms with Crippen molar-refractivity contribution >= 4 is 21.8 Å². The second kappa shape index (κ2) is 3.65. The standard InChI is InChI=1S/C9H6BrF2NO/c10-6-3-5(7(11)4-8(6)12)9-13-1-2-14-9/h3-4H,1-2H2. The van der Waals surface area contributed by atoms with Gasteiger partial charge in [0.15, 0.2) is 0 Å². The summed E-state index contributed by atoms with van der Waals surface area (Å²) in [5.41, 5.74) is 0.191. The van der Waals surface area contributed by atoms with Crippen molar-refractivity contribution in [2.24, 2.45) is 4.99 Å². The Morgan fingerprint density at radius 2 is 2.07 bits per heavy atom. The summed E-state index contributed by atoms with van der Waals surface area (Å²) in [4.78, 5) is 3.95. The van der Waals surface area contributed by atoms with Crippen LogP contribution in [0.4, 0.5) is 8.78 Å². The van der Waals surface area contributed by atoms with Crippen molar-refractivity contribution < 1.29 is 13.5 Å². The number of ether oxygens (including phenoxy) is 1. The number of hydrogen-bond acceptors (Lipinski definition) is 2. The Morgan fingerprint density at radius 1 is 1.29 bits per heavy atom. The lowest BCUT2D eigenvalue weighted by molar-refractivity contribution is 0.347. The summed E-state index contributed by atoms with van der Waals surface area (Å²) < 4.78 is 31.4. The van der Waals surface area contributed by atoms with Crippen LogP contribution in [0.5, 0.6) is 0 Å². The number of nitrogens with zero attached hydrogens (tertiary/aromatic N) is 1. The summed E-state index contributed by atoms with van der Waals surface area (Å²) >= 11 is 2.98. The molecule has 1 aliphatic rings. The molecule has 0 fully saturated rings. The quantitative estimate of drug-likeness (QED) is 0.712. The first-order valence-corrected chi connectivity index (χ1v) is 4.80. The lowest BCUT2D eigenvalue weighted by atomic mass is 10.2. The molecule has 0 aliphatic carbocycles. The fourth-order valence-corrected chi connectivity index (χ4v) is 1.53. The average Bonchev–Trinajstić information content (AvgIpc) is 2.64. The highest BCUT2D eigenvalue weighted by molar-refractivity contribution is 9.10. The third-order valence-corrected chi connectivity index (χ3v) is 2.43. The van der Waals surface area contributed by atoms with Crippen LogP contribution in [0.25, 0.3) is 0 Å². The minimum Gasteiger partial charge on any atom is -0.475 e. The molecule has 0 saturated carbocycles. The summed E-state index contributed by atoms with van der Waals surface area (Å²) in [5, 5.41) is 0. The predicted molar refractivity (Wildman–Crippen MR) is 51.4 cm³/mol. The van der Waals surface area contributed by atoms with Crippen LogP contribution in [0.1, 0.15) is 5.56 Å². The van der Waals surface area contributed by atoms with Crippen molar-refractivity contribution in [1.82, 2.24) is 0 Å². The van der Waals surface area contributed by atoms with Crippen LogP contribution in [-0.2, 0) is 4.74 Å². The molecule has 2 nitrogen and oxygen atoms in total. The van der Waals surface area contributed by atoms with Gasteiger partial charge < -0.3 is 4.74 Å². The van der Waals surface area contributed by atoms with Gasteiger partial charge in [-0.15, -0.1) is 0 Å². The van der Waals surface area contributed by atoms with Gasteiger partial charge in [-0.2, -0.15) is 0 Å². The molecule has 14 heavy (non-hydrogen) atoms. The van der Waals surface area contributed by atoms with Crippen molar-refractivity contribution in [2.75, 3.05) is 13.2 Å². The molecule has 0 unspecified atom stereocenters. The molecule has 5 heteroatoms. The van der Waals surface area contributed by atoms with E-state index < -0.39 is 11.6 Å². The number of benzene rings is 1. The molecule has 1 aromatic carbocycles. The Bertz CT molecular complexity index is 406. The van der Waals surface area contributed by atoms with Crippen LogP contribution >= 0.6 is 15.9 Å². The van der Waals surface area contributed by atoms with Crippen molar-refractivity contribution in [3.63, 3.8) is 0 Å². The van der Waals surface area contributed by atoms with Gasteiger partial charge in [0.2, 0.25) is 5.90 Å². The minimum absolute atomic E-state index is 0.191. The summed E-state index contributed by atoms with van der Waals surface area (Å²) in [5.74, 6) is -1.06. The van der Waals surface area contributed by atoms with Gasteiger partial charge in [-0.05, 0) is 22.0 Å². The highest BCUT2D eigenvalue weighted by atomic mass is 79.9. The van der Waals surface area contributed by atoms with Crippen molar-refractivity contribution in [3.05, 3.63) is 33.8 Å². The van der Waals surface area contributed by atoms with E-state index in [4.69, 9.17) is 4.74 Å². The molecule has 0 spiro atoms. The van der Waals surface area contributed by atoms with Crippen molar-refractivity contribution in [3.8, 4) is 0 Å². The first kappa shape index (κ1) is 9.58. The van der Waals surface area contributed by atoms with E-state index in [2.05, 4.69) is 20.9 Å². The van der Waals surface area contributed by atoms with Gasteiger partial charge >= 0.3 is 0 Å². The molecule has 0 aromatic heterocycles. The van der Waals surface area contributed by atoms with Crippen LogP contribution in [0.15, 0.2) is 21.6 Å². The fourth-order valence-electron chi connectivity index (χ4n) is 1.18. The van der Waals surface area contributed by atoms with Gasteiger partial charge in [0, 0.05) is 6.07 Å². The highest BCUT2D eigenvalue weighted by Gasteiger charge is 2.17. The van der Waals surface area contributed by atoms with Crippen LogP contribution < -0.4 is 0 Å². The van der Waals surface area contributed by atoms with Crippen LogP contribution in [-0.4, -0.2) is 19.0 Å². The third kappa shape index (κ3) is 1.64. The Hall–Kier alpha value is -0.970. The molecule has 0 atom stereocenters. The van der Waals surface area contributed by atoms with E-state index in [1.54, 1.807) is 0 Å². The predicted octanol–water partition coefficient (Wildman–Crippen LogP) is 2.50. The second-order valence-electron chi connectivity index (χ2n) is 2.78. The molecule has 2 rings (SSSR count). The van der Waals surface area contributed by atoms with Gasteiger partial charge in [0.1, 0.15) is 18.2 Å². The van der Waals surface area contributed by atoms with Crippen LogP contribution in [0.3, 0.4) is 0 Å². The van der Waals surface area contributed by atoms with E-state index in [1.165, 1.54) is 6.07 Å². The van der Waals surface area contributed by atoms with E-state index >= 15 is 0 Å².